The maximum Gasteiger partial charge on any atom is 0.218 e. The minimum Gasteiger partial charge on any atom is -0.493 e. The van der Waals surface area contributed by atoms with Gasteiger partial charge < -0.3 is 14.2 Å². The molecular weight excluding hydrogens is 364 g/mol. The molecule has 1 aliphatic heterocycles. The number of nitrogens with zero attached hydrogens (tertiary/aromatic N) is 2. The molecule has 5 nitrogen and oxygen atoms in total. The van der Waals surface area contributed by atoms with E-state index in [1.54, 1.807) is 14.2 Å². The highest BCUT2D eigenvalue weighted by atomic mass is 16.5. The van der Waals surface area contributed by atoms with Crippen LogP contribution in [0.15, 0.2) is 36.4 Å². The van der Waals surface area contributed by atoms with E-state index in [2.05, 4.69) is 43.0 Å². The molecule has 0 radical (unpaired) electrons. The van der Waals surface area contributed by atoms with Crippen LogP contribution >= 0.6 is 0 Å². The van der Waals surface area contributed by atoms with Gasteiger partial charge in [0, 0.05) is 30.6 Å². The Bertz CT molecular complexity index is 1030. The molecule has 0 atom stereocenters. The van der Waals surface area contributed by atoms with Gasteiger partial charge in [0.2, 0.25) is 5.88 Å². The van der Waals surface area contributed by atoms with Crippen molar-refractivity contribution in [2.75, 3.05) is 33.9 Å². The Morgan fingerprint density at radius 3 is 2.76 bits per heavy atom. The summed E-state index contributed by atoms with van der Waals surface area (Å²) >= 11 is 0. The van der Waals surface area contributed by atoms with Crippen LogP contribution in [0.3, 0.4) is 0 Å². The van der Waals surface area contributed by atoms with E-state index in [0.717, 1.165) is 60.1 Å². The average molecular weight is 392 g/mol. The second-order valence-corrected chi connectivity index (χ2v) is 7.56. The predicted octanol–water partition coefficient (Wildman–Crippen LogP) is 4.31. The third kappa shape index (κ3) is 3.87. The SMILES string of the molecule is COc1cccc(CCN2CCOc3nc4c(C)c(C)ccc4cc3C2)c1OC. The van der Waals surface area contributed by atoms with Crippen molar-refractivity contribution in [1.29, 1.82) is 0 Å². The number of fused-ring (bicyclic) bond motifs is 2. The first-order valence-corrected chi connectivity index (χ1v) is 10.1. The predicted molar refractivity (Wildman–Crippen MR) is 115 cm³/mol. The fourth-order valence-corrected chi connectivity index (χ4v) is 3.96. The summed E-state index contributed by atoms with van der Waals surface area (Å²) in [4.78, 5) is 7.27. The number of aromatic nitrogens is 1. The number of para-hydroxylation sites is 1. The monoisotopic (exact) mass is 392 g/mol. The van der Waals surface area contributed by atoms with Gasteiger partial charge in [0.1, 0.15) is 6.61 Å². The van der Waals surface area contributed by atoms with Gasteiger partial charge in [-0.2, -0.15) is 0 Å². The molecule has 4 rings (SSSR count). The number of ether oxygens (including phenoxy) is 3. The molecule has 1 aromatic heterocycles. The fourth-order valence-electron chi connectivity index (χ4n) is 3.96. The summed E-state index contributed by atoms with van der Waals surface area (Å²) in [7, 11) is 3.36. The van der Waals surface area contributed by atoms with Crippen molar-refractivity contribution in [3.05, 3.63) is 58.7 Å². The lowest BCUT2D eigenvalue weighted by Gasteiger charge is -2.20. The van der Waals surface area contributed by atoms with Crippen LogP contribution in [0.1, 0.15) is 22.3 Å². The van der Waals surface area contributed by atoms with E-state index in [9.17, 15) is 0 Å². The minimum absolute atomic E-state index is 0.644. The standard InChI is InChI=1S/C24H28N2O3/c1-16-8-9-19-14-20-15-26(12-13-29-24(20)25-22(19)17(16)2)11-10-18-6-5-7-21(27-3)23(18)28-4/h5-9,14H,10-13,15H2,1-4H3. The Kier molecular flexibility index (Phi) is 5.58. The number of methoxy groups -OCH3 is 2. The molecule has 0 unspecified atom stereocenters. The maximum atomic E-state index is 6.02. The van der Waals surface area contributed by atoms with Crippen molar-refractivity contribution in [3.63, 3.8) is 0 Å². The van der Waals surface area contributed by atoms with Gasteiger partial charge >= 0.3 is 0 Å². The van der Waals surface area contributed by atoms with E-state index in [1.807, 2.05) is 12.1 Å². The molecule has 0 saturated carbocycles. The maximum absolute atomic E-state index is 6.02. The molecule has 2 heterocycles. The van der Waals surface area contributed by atoms with Crippen LogP contribution in [-0.4, -0.2) is 43.8 Å². The first kappa shape index (κ1) is 19.5. The zero-order valence-corrected chi connectivity index (χ0v) is 17.6. The lowest BCUT2D eigenvalue weighted by atomic mass is 10.0. The molecule has 0 N–H and O–H groups in total. The number of pyridine rings is 1. The van der Waals surface area contributed by atoms with Gasteiger partial charge in [-0.1, -0.05) is 24.3 Å². The number of hydrogen-bond acceptors (Lipinski definition) is 5. The van der Waals surface area contributed by atoms with Crippen molar-refractivity contribution >= 4 is 10.9 Å². The first-order valence-electron chi connectivity index (χ1n) is 10.1. The summed E-state index contributed by atoms with van der Waals surface area (Å²) in [5.74, 6) is 2.36. The highest BCUT2D eigenvalue weighted by Crippen LogP contribution is 2.32. The van der Waals surface area contributed by atoms with Gasteiger partial charge in [0.05, 0.1) is 19.7 Å². The normalized spacial score (nSPS) is 14.2. The summed E-state index contributed by atoms with van der Waals surface area (Å²) in [5, 5.41) is 1.17. The van der Waals surface area contributed by atoms with Gasteiger partial charge in [0.25, 0.3) is 0 Å². The second-order valence-electron chi connectivity index (χ2n) is 7.56. The molecule has 0 bridgehead atoms. The zero-order valence-electron chi connectivity index (χ0n) is 17.6. The summed E-state index contributed by atoms with van der Waals surface area (Å²) in [6.45, 7) is 7.51. The van der Waals surface area contributed by atoms with Crippen LogP contribution in [0.5, 0.6) is 17.4 Å². The van der Waals surface area contributed by atoms with E-state index in [0.29, 0.717) is 6.61 Å². The molecule has 0 saturated heterocycles. The smallest absolute Gasteiger partial charge is 0.218 e. The van der Waals surface area contributed by atoms with E-state index in [-0.39, 0.29) is 0 Å². The Hall–Kier alpha value is -2.79. The van der Waals surface area contributed by atoms with Gasteiger partial charge in [-0.05, 0) is 49.1 Å². The van der Waals surface area contributed by atoms with Gasteiger partial charge in [-0.3, -0.25) is 4.90 Å². The lowest BCUT2D eigenvalue weighted by Crippen LogP contribution is -2.28. The molecule has 0 amide bonds. The minimum atomic E-state index is 0.644. The van der Waals surface area contributed by atoms with Crippen LogP contribution < -0.4 is 14.2 Å². The topological polar surface area (TPSA) is 43.8 Å². The molecule has 0 aliphatic carbocycles. The van der Waals surface area contributed by atoms with E-state index < -0.39 is 0 Å². The number of aryl methyl sites for hydroxylation is 2. The summed E-state index contributed by atoms with van der Waals surface area (Å²) in [6, 6.07) is 12.6. The third-order valence-electron chi connectivity index (χ3n) is 5.77. The van der Waals surface area contributed by atoms with Crippen molar-refractivity contribution in [3.8, 4) is 17.4 Å². The highest BCUT2D eigenvalue weighted by molar-refractivity contribution is 5.84. The van der Waals surface area contributed by atoms with Crippen LogP contribution in [0.25, 0.3) is 10.9 Å². The van der Waals surface area contributed by atoms with Gasteiger partial charge in [-0.15, -0.1) is 0 Å². The third-order valence-corrected chi connectivity index (χ3v) is 5.77. The Morgan fingerprint density at radius 2 is 1.97 bits per heavy atom. The molecule has 1 aliphatic rings. The molecule has 0 fully saturated rings. The van der Waals surface area contributed by atoms with E-state index in [1.165, 1.54) is 16.5 Å². The van der Waals surface area contributed by atoms with Crippen LogP contribution in [0, 0.1) is 13.8 Å². The molecular formula is C24H28N2O3. The Morgan fingerprint density at radius 1 is 1.10 bits per heavy atom. The molecule has 152 valence electrons. The quantitative estimate of drug-likeness (QED) is 0.647. The summed E-state index contributed by atoms with van der Waals surface area (Å²) < 4.78 is 17.0. The largest absolute Gasteiger partial charge is 0.493 e. The molecule has 5 heteroatoms. The summed E-state index contributed by atoms with van der Waals surface area (Å²) in [6.07, 6.45) is 0.884. The fraction of sp³-hybridized carbons (Fsp3) is 0.375. The van der Waals surface area contributed by atoms with Gasteiger partial charge in [-0.25, -0.2) is 4.98 Å². The number of hydrogen-bond donors (Lipinski definition) is 0. The summed E-state index contributed by atoms with van der Waals surface area (Å²) in [5.41, 5.74) is 5.82. The Labute approximate surface area is 172 Å². The van der Waals surface area contributed by atoms with Crippen molar-refractivity contribution < 1.29 is 14.2 Å². The highest BCUT2D eigenvalue weighted by Gasteiger charge is 2.19. The molecule has 2 aromatic carbocycles. The molecule has 3 aromatic rings. The average Bonchev–Trinajstić information content (AvgIpc) is 2.94. The second kappa shape index (κ2) is 8.29. The van der Waals surface area contributed by atoms with Crippen LogP contribution in [0.2, 0.25) is 0 Å². The Balaban J connectivity index is 1.55. The number of benzene rings is 2. The van der Waals surface area contributed by atoms with Crippen LogP contribution in [-0.2, 0) is 13.0 Å². The van der Waals surface area contributed by atoms with Crippen molar-refractivity contribution in [1.82, 2.24) is 9.88 Å². The van der Waals surface area contributed by atoms with E-state index >= 15 is 0 Å². The molecule has 29 heavy (non-hydrogen) atoms. The lowest BCUT2D eigenvalue weighted by molar-refractivity contribution is 0.225. The molecule has 0 spiro atoms. The zero-order chi connectivity index (χ0) is 20.4. The van der Waals surface area contributed by atoms with Crippen LogP contribution in [0.4, 0.5) is 0 Å². The number of rotatable bonds is 5. The van der Waals surface area contributed by atoms with Crippen molar-refractivity contribution in [2.45, 2.75) is 26.8 Å². The van der Waals surface area contributed by atoms with Gasteiger partial charge in [0.15, 0.2) is 11.5 Å². The van der Waals surface area contributed by atoms with E-state index in [4.69, 9.17) is 19.2 Å². The first-order chi connectivity index (χ1) is 14.1. The van der Waals surface area contributed by atoms with Crippen molar-refractivity contribution in [2.24, 2.45) is 0 Å².